The summed E-state index contributed by atoms with van der Waals surface area (Å²) < 4.78 is 0. The second-order valence-corrected chi connectivity index (χ2v) is 5.81. The zero-order valence-electron chi connectivity index (χ0n) is 11.2. The maximum Gasteiger partial charge on any atom is 0.0922 e. The first kappa shape index (κ1) is 12.2. The van der Waals surface area contributed by atoms with Crippen molar-refractivity contribution in [3.8, 4) is 0 Å². The number of rotatable bonds is 5. The van der Waals surface area contributed by atoms with Crippen LogP contribution in [0.1, 0.15) is 44.7 Å². The Hall–Kier alpha value is -0.870. The van der Waals surface area contributed by atoms with Gasteiger partial charge in [0.05, 0.1) is 6.33 Å². The number of fused-ring (bicyclic) bond motifs is 2. The largest absolute Gasteiger partial charge is 0.347 e. The van der Waals surface area contributed by atoms with Gasteiger partial charge in [0.1, 0.15) is 0 Å². The molecule has 1 aromatic heterocycles. The van der Waals surface area contributed by atoms with E-state index in [9.17, 15) is 0 Å². The van der Waals surface area contributed by atoms with Crippen molar-refractivity contribution in [2.45, 2.75) is 63.7 Å². The SMILES string of the molecule is CCCN(Cc1cnc[nH]1)C1CC2CCC(C1)N2. The van der Waals surface area contributed by atoms with E-state index in [0.29, 0.717) is 0 Å². The lowest BCUT2D eigenvalue weighted by molar-refractivity contribution is 0.132. The summed E-state index contributed by atoms with van der Waals surface area (Å²) in [5.74, 6) is 0. The van der Waals surface area contributed by atoms with Crippen molar-refractivity contribution >= 4 is 0 Å². The van der Waals surface area contributed by atoms with E-state index in [0.717, 1.165) is 24.7 Å². The van der Waals surface area contributed by atoms with Crippen molar-refractivity contribution in [3.05, 3.63) is 18.2 Å². The third kappa shape index (κ3) is 2.59. The second-order valence-electron chi connectivity index (χ2n) is 5.81. The number of hydrogen-bond acceptors (Lipinski definition) is 3. The highest BCUT2D eigenvalue weighted by molar-refractivity contribution is 4.99. The maximum atomic E-state index is 4.13. The first-order valence-corrected chi connectivity index (χ1v) is 7.32. The molecule has 18 heavy (non-hydrogen) atoms. The van der Waals surface area contributed by atoms with Gasteiger partial charge < -0.3 is 10.3 Å². The number of hydrogen-bond donors (Lipinski definition) is 2. The van der Waals surface area contributed by atoms with Crippen LogP contribution < -0.4 is 5.32 Å². The predicted molar refractivity (Wildman–Crippen MR) is 72.3 cm³/mol. The molecular formula is C14H24N4. The Morgan fingerprint density at radius 3 is 2.72 bits per heavy atom. The van der Waals surface area contributed by atoms with E-state index in [1.807, 2.05) is 6.20 Å². The van der Waals surface area contributed by atoms with Crippen LogP contribution in [0.2, 0.25) is 0 Å². The van der Waals surface area contributed by atoms with Gasteiger partial charge in [-0.2, -0.15) is 0 Å². The van der Waals surface area contributed by atoms with E-state index < -0.39 is 0 Å². The molecule has 2 unspecified atom stereocenters. The minimum atomic E-state index is 0.756. The van der Waals surface area contributed by atoms with Gasteiger partial charge in [0.15, 0.2) is 0 Å². The molecule has 2 saturated heterocycles. The summed E-state index contributed by atoms with van der Waals surface area (Å²) in [5.41, 5.74) is 1.24. The number of imidazole rings is 1. The number of aromatic amines is 1. The summed E-state index contributed by atoms with van der Waals surface area (Å²) in [4.78, 5) is 10.0. The monoisotopic (exact) mass is 248 g/mol. The fourth-order valence-electron chi connectivity index (χ4n) is 3.59. The first-order valence-electron chi connectivity index (χ1n) is 7.32. The van der Waals surface area contributed by atoms with Gasteiger partial charge in [0.25, 0.3) is 0 Å². The van der Waals surface area contributed by atoms with E-state index >= 15 is 0 Å². The summed E-state index contributed by atoms with van der Waals surface area (Å²) in [6.45, 7) is 4.50. The Labute approximate surface area is 109 Å². The van der Waals surface area contributed by atoms with Crippen LogP contribution in [0.4, 0.5) is 0 Å². The molecule has 2 atom stereocenters. The highest BCUT2D eigenvalue weighted by Gasteiger charge is 2.35. The molecule has 3 heterocycles. The zero-order chi connectivity index (χ0) is 12.4. The standard InChI is InChI=1S/C14H24N4/c1-2-5-18(9-13-8-15-10-16-13)14-6-11-3-4-12(7-14)17-11/h8,10-12,14,17H,2-7,9H2,1H3,(H,15,16). The topological polar surface area (TPSA) is 44.0 Å². The van der Waals surface area contributed by atoms with Crippen molar-refractivity contribution in [2.75, 3.05) is 6.54 Å². The van der Waals surface area contributed by atoms with Gasteiger partial charge in [-0.1, -0.05) is 6.92 Å². The van der Waals surface area contributed by atoms with Crippen molar-refractivity contribution < 1.29 is 0 Å². The normalized spacial score (nSPS) is 31.1. The molecule has 0 amide bonds. The summed E-state index contributed by atoms with van der Waals surface area (Å²) in [6.07, 6.45) is 10.4. The smallest absolute Gasteiger partial charge is 0.0922 e. The lowest BCUT2D eigenvalue weighted by Gasteiger charge is -2.37. The van der Waals surface area contributed by atoms with Crippen LogP contribution in [0.25, 0.3) is 0 Å². The van der Waals surface area contributed by atoms with Crippen LogP contribution in [0.3, 0.4) is 0 Å². The van der Waals surface area contributed by atoms with Crippen LogP contribution in [0, 0.1) is 0 Å². The minimum Gasteiger partial charge on any atom is -0.347 e. The molecule has 1 aromatic rings. The molecule has 0 saturated carbocycles. The molecule has 4 heteroatoms. The Kier molecular flexibility index (Phi) is 3.66. The van der Waals surface area contributed by atoms with Crippen molar-refractivity contribution in [1.29, 1.82) is 0 Å². The Balaban J connectivity index is 1.65. The van der Waals surface area contributed by atoms with E-state index in [1.165, 1.54) is 44.3 Å². The van der Waals surface area contributed by atoms with Crippen molar-refractivity contribution in [2.24, 2.45) is 0 Å². The van der Waals surface area contributed by atoms with Gasteiger partial charge in [0, 0.05) is 36.6 Å². The summed E-state index contributed by atoms with van der Waals surface area (Å²) in [6, 6.07) is 2.30. The Morgan fingerprint density at radius 1 is 1.33 bits per heavy atom. The van der Waals surface area contributed by atoms with Crippen LogP contribution >= 0.6 is 0 Å². The second kappa shape index (κ2) is 5.41. The third-order valence-electron chi connectivity index (χ3n) is 4.40. The number of nitrogens with one attached hydrogen (secondary N) is 2. The molecule has 0 radical (unpaired) electrons. The maximum absolute atomic E-state index is 4.13. The molecule has 4 nitrogen and oxygen atoms in total. The quantitative estimate of drug-likeness (QED) is 0.836. The molecule has 3 rings (SSSR count). The van der Waals surface area contributed by atoms with Gasteiger partial charge in [0.2, 0.25) is 0 Å². The zero-order valence-corrected chi connectivity index (χ0v) is 11.2. The number of nitrogens with zero attached hydrogens (tertiary/aromatic N) is 2. The molecule has 0 aliphatic carbocycles. The molecule has 2 aliphatic rings. The fourth-order valence-corrected chi connectivity index (χ4v) is 3.59. The van der Waals surface area contributed by atoms with Crippen molar-refractivity contribution in [3.63, 3.8) is 0 Å². The van der Waals surface area contributed by atoms with E-state index in [1.54, 1.807) is 6.33 Å². The lowest BCUT2D eigenvalue weighted by atomic mass is 9.98. The van der Waals surface area contributed by atoms with Gasteiger partial charge in [-0.25, -0.2) is 4.98 Å². The predicted octanol–water partition coefficient (Wildman–Crippen LogP) is 1.90. The van der Waals surface area contributed by atoms with Crippen LogP contribution in [0.15, 0.2) is 12.5 Å². The summed E-state index contributed by atoms with van der Waals surface area (Å²) >= 11 is 0. The average Bonchev–Trinajstić information content (AvgIpc) is 2.99. The van der Waals surface area contributed by atoms with E-state index in [4.69, 9.17) is 0 Å². The average molecular weight is 248 g/mol. The first-order chi connectivity index (χ1) is 8.85. The van der Waals surface area contributed by atoms with Crippen molar-refractivity contribution in [1.82, 2.24) is 20.2 Å². The van der Waals surface area contributed by atoms with Gasteiger partial charge in [-0.05, 0) is 38.6 Å². The molecule has 2 N–H and O–H groups in total. The molecule has 2 fully saturated rings. The molecule has 2 aliphatic heterocycles. The fraction of sp³-hybridized carbons (Fsp3) is 0.786. The molecule has 100 valence electrons. The molecule has 2 bridgehead atoms. The minimum absolute atomic E-state index is 0.756. The van der Waals surface area contributed by atoms with E-state index in [2.05, 4.69) is 27.1 Å². The van der Waals surface area contributed by atoms with Gasteiger partial charge in [-0.3, -0.25) is 4.90 Å². The summed E-state index contributed by atoms with van der Waals surface area (Å²) in [7, 11) is 0. The Morgan fingerprint density at radius 2 is 2.11 bits per heavy atom. The number of aromatic nitrogens is 2. The molecule has 0 aromatic carbocycles. The summed E-state index contributed by atoms with van der Waals surface area (Å²) in [5, 5.41) is 3.73. The van der Waals surface area contributed by atoms with E-state index in [-0.39, 0.29) is 0 Å². The number of piperidine rings is 1. The number of H-pyrrole nitrogens is 1. The highest BCUT2D eigenvalue weighted by atomic mass is 15.2. The lowest BCUT2D eigenvalue weighted by Crippen LogP contribution is -2.48. The highest BCUT2D eigenvalue weighted by Crippen LogP contribution is 2.30. The third-order valence-corrected chi connectivity index (χ3v) is 4.40. The van der Waals surface area contributed by atoms with Gasteiger partial charge in [-0.15, -0.1) is 0 Å². The van der Waals surface area contributed by atoms with Crippen LogP contribution in [-0.4, -0.2) is 39.5 Å². The van der Waals surface area contributed by atoms with Crippen LogP contribution in [-0.2, 0) is 6.54 Å². The van der Waals surface area contributed by atoms with Gasteiger partial charge >= 0.3 is 0 Å². The molecular weight excluding hydrogens is 224 g/mol. The van der Waals surface area contributed by atoms with Crippen LogP contribution in [0.5, 0.6) is 0 Å². The Bertz CT molecular complexity index is 350. The molecule has 0 spiro atoms.